The second-order valence-corrected chi connectivity index (χ2v) is 10.2. The Balaban J connectivity index is 1.57. The fraction of sp³-hybridized carbons (Fsp3) is 0.632. The molecule has 1 aromatic carbocycles. The molecule has 4 aliphatic rings. The summed E-state index contributed by atoms with van der Waals surface area (Å²) in [6.45, 7) is 1.99. The molecule has 1 atom stereocenters. The van der Waals surface area contributed by atoms with Crippen molar-refractivity contribution in [1.82, 2.24) is 4.72 Å². The van der Waals surface area contributed by atoms with Gasteiger partial charge in [-0.2, -0.15) is 0 Å². The summed E-state index contributed by atoms with van der Waals surface area (Å²) in [7, 11) is -3.72. The number of rotatable bonds is 5. The molecule has 5 rings (SSSR count). The first-order valence-electron chi connectivity index (χ1n) is 9.13. The molecule has 1 aromatic rings. The molecule has 2 N–H and O–H groups in total. The van der Waals surface area contributed by atoms with Gasteiger partial charge in [-0.3, -0.25) is 0 Å². The summed E-state index contributed by atoms with van der Waals surface area (Å²) >= 11 is 0. The van der Waals surface area contributed by atoms with Crippen LogP contribution in [0, 0.1) is 23.2 Å². The molecule has 0 spiro atoms. The molecule has 25 heavy (non-hydrogen) atoms. The third-order valence-electron chi connectivity index (χ3n) is 6.73. The van der Waals surface area contributed by atoms with Crippen LogP contribution in [0.15, 0.2) is 29.2 Å². The topological polar surface area (TPSA) is 83.5 Å². The van der Waals surface area contributed by atoms with Crippen LogP contribution in [0.4, 0.5) is 0 Å². The minimum absolute atomic E-state index is 0.00895. The maximum absolute atomic E-state index is 12.8. The Hall–Kier alpha value is -1.40. The van der Waals surface area contributed by atoms with Crippen LogP contribution in [-0.4, -0.2) is 25.5 Å². The van der Waals surface area contributed by atoms with E-state index in [2.05, 4.69) is 4.72 Å². The summed E-state index contributed by atoms with van der Waals surface area (Å²) in [6.07, 6.45) is 7.33. The van der Waals surface area contributed by atoms with Gasteiger partial charge in [0.25, 0.3) is 0 Å². The molecule has 5 nitrogen and oxygen atoms in total. The molecule has 4 bridgehead atoms. The van der Waals surface area contributed by atoms with Gasteiger partial charge >= 0.3 is 5.97 Å². The molecule has 0 amide bonds. The van der Waals surface area contributed by atoms with Gasteiger partial charge in [-0.1, -0.05) is 6.07 Å². The van der Waals surface area contributed by atoms with E-state index in [1.165, 1.54) is 43.5 Å². The molecule has 4 saturated carbocycles. The standard InChI is InChI=1S/C19H25NO4S/c1-12(19-9-13-5-14(10-19)7-15(6-13)11-19)20-25(23,24)17-4-2-3-16(8-17)18(21)22/h2-4,8,12-15,20H,5-7,9-11H2,1H3,(H,21,22)/t12-,13?,14?,15?,19?/m0/s1. The van der Waals surface area contributed by atoms with Crippen molar-refractivity contribution in [3.63, 3.8) is 0 Å². The van der Waals surface area contributed by atoms with Crippen LogP contribution in [0.5, 0.6) is 0 Å². The average molecular weight is 363 g/mol. The Bertz CT molecular complexity index is 766. The molecule has 0 aromatic heterocycles. The number of carboxylic acids is 1. The molecule has 0 saturated heterocycles. The Morgan fingerprint density at radius 3 is 2.24 bits per heavy atom. The number of sulfonamides is 1. The Morgan fingerprint density at radius 1 is 1.16 bits per heavy atom. The molecule has 0 aliphatic heterocycles. The van der Waals surface area contributed by atoms with Crippen molar-refractivity contribution in [3.8, 4) is 0 Å². The van der Waals surface area contributed by atoms with Crippen molar-refractivity contribution in [1.29, 1.82) is 0 Å². The Morgan fingerprint density at radius 2 is 1.72 bits per heavy atom. The zero-order chi connectivity index (χ0) is 17.8. The van der Waals surface area contributed by atoms with Gasteiger partial charge in [0.05, 0.1) is 10.5 Å². The van der Waals surface area contributed by atoms with Gasteiger partial charge in [-0.25, -0.2) is 17.9 Å². The third-order valence-corrected chi connectivity index (χ3v) is 8.27. The summed E-state index contributed by atoms with van der Waals surface area (Å²) in [5.74, 6) is 1.15. The number of hydrogen-bond donors (Lipinski definition) is 2. The predicted octanol–water partition coefficient (Wildman–Crippen LogP) is 3.27. The highest BCUT2D eigenvalue weighted by Crippen LogP contribution is 2.61. The quantitative estimate of drug-likeness (QED) is 0.841. The van der Waals surface area contributed by atoms with Crippen molar-refractivity contribution in [2.75, 3.05) is 0 Å². The number of benzene rings is 1. The zero-order valence-electron chi connectivity index (χ0n) is 14.4. The van der Waals surface area contributed by atoms with Gasteiger partial charge in [0, 0.05) is 6.04 Å². The molecule has 4 fully saturated rings. The maximum Gasteiger partial charge on any atom is 0.335 e. The highest BCUT2D eigenvalue weighted by Gasteiger charge is 2.53. The first-order valence-corrected chi connectivity index (χ1v) is 10.6. The van der Waals surface area contributed by atoms with E-state index in [0.717, 1.165) is 37.0 Å². The van der Waals surface area contributed by atoms with Gasteiger partial charge in [0.15, 0.2) is 0 Å². The molecule has 0 heterocycles. The minimum atomic E-state index is -3.72. The van der Waals surface area contributed by atoms with Crippen molar-refractivity contribution in [2.24, 2.45) is 23.2 Å². The average Bonchev–Trinajstić information content (AvgIpc) is 2.53. The summed E-state index contributed by atoms with van der Waals surface area (Å²) in [5, 5.41) is 9.10. The van der Waals surface area contributed by atoms with Crippen LogP contribution in [0.25, 0.3) is 0 Å². The normalized spacial score (nSPS) is 34.8. The third kappa shape index (κ3) is 2.99. The van der Waals surface area contributed by atoms with Crippen LogP contribution in [0.1, 0.15) is 55.8 Å². The number of carbonyl (C=O) groups is 1. The van der Waals surface area contributed by atoms with Gasteiger partial charge < -0.3 is 5.11 Å². The lowest BCUT2D eigenvalue weighted by atomic mass is 9.48. The van der Waals surface area contributed by atoms with E-state index in [1.807, 2.05) is 6.92 Å². The first kappa shape index (κ1) is 17.0. The summed E-state index contributed by atoms with van der Waals surface area (Å²) in [4.78, 5) is 11.1. The summed E-state index contributed by atoms with van der Waals surface area (Å²) < 4.78 is 28.5. The summed E-state index contributed by atoms with van der Waals surface area (Å²) in [6, 6.07) is 5.45. The van der Waals surface area contributed by atoms with E-state index in [0.29, 0.717) is 0 Å². The van der Waals surface area contributed by atoms with E-state index in [9.17, 15) is 13.2 Å². The number of carboxylic acid groups (broad SMARTS) is 1. The van der Waals surface area contributed by atoms with Gasteiger partial charge in [-0.05, 0) is 86.8 Å². The first-order chi connectivity index (χ1) is 11.8. The van der Waals surface area contributed by atoms with E-state index in [-0.39, 0.29) is 21.9 Å². The van der Waals surface area contributed by atoms with Gasteiger partial charge in [-0.15, -0.1) is 0 Å². The molecule has 0 radical (unpaired) electrons. The van der Waals surface area contributed by atoms with Gasteiger partial charge in [0.1, 0.15) is 0 Å². The number of nitrogens with one attached hydrogen (secondary N) is 1. The van der Waals surface area contributed by atoms with Crippen molar-refractivity contribution in [3.05, 3.63) is 29.8 Å². The van der Waals surface area contributed by atoms with E-state index < -0.39 is 16.0 Å². The number of hydrogen-bond acceptors (Lipinski definition) is 3. The van der Waals surface area contributed by atoms with Crippen LogP contribution in [0.2, 0.25) is 0 Å². The van der Waals surface area contributed by atoms with Crippen LogP contribution >= 0.6 is 0 Å². The molecule has 4 aliphatic carbocycles. The van der Waals surface area contributed by atoms with Crippen molar-refractivity contribution < 1.29 is 18.3 Å². The Labute approximate surface area is 148 Å². The second-order valence-electron chi connectivity index (χ2n) is 8.46. The second kappa shape index (κ2) is 5.81. The maximum atomic E-state index is 12.8. The lowest BCUT2D eigenvalue weighted by molar-refractivity contribution is -0.0666. The highest BCUT2D eigenvalue weighted by molar-refractivity contribution is 7.89. The fourth-order valence-corrected chi connectivity index (χ4v) is 7.32. The SMILES string of the molecule is C[C@H](NS(=O)(=O)c1cccc(C(=O)O)c1)C12CC3CC(CC(C3)C1)C2. The molecule has 6 heteroatoms. The molecular weight excluding hydrogens is 338 g/mol. The van der Waals surface area contributed by atoms with Crippen LogP contribution in [-0.2, 0) is 10.0 Å². The minimum Gasteiger partial charge on any atom is -0.478 e. The van der Waals surface area contributed by atoms with Crippen molar-refractivity contribution in [2.45, 2.75) is 56.4 Å². The molecule has 0 unspecified atom stereocenters. The van der Waals surface area contributed by atoms with Crippen molar-refractivity contribution >= 4 is 16.0 Å². The molecular formula is C19H25NO4S. The highest BCUT2D eigenvalue weighted by atomic mass is 32.2. The van der Waals surface area contributed by atoms with Crippen LogP contribution in [0.3, 0.4) is 0 Å². The smallest absolute Gasteiger partial charge is 0.335 e. The lowest BCUT2D eigenvalue weighted by Crippen LogP contribution is -2.55. The Kier molecular flexibility index (Phi) is 3.96. The monoisotopic (exact) mass is 363 g/mol. The van der Waals surface area contributed by atoms with E-state index in [4.69, 9.17) is 5.11 Å². The predicted molar refractivity (Wildman–Crippen MR) is 93.8 cm³/mol. The van der Waals surface area contributed by atoms with Gasteiger partial charge in [0.2, 0.25) is 10.0 Å². The lowest BCUT2D eigenvalue weighted by Gasteiger charge is -2.59. The van der Waals surface area contributed by atoms with E-state index in [1.54, 1.807) is 0 Å². The number of aromatic carboxylic acids is 1. The molecule has 136 valence electrons. The van der Waals surface area contributed by atoms with Crippen LogP contribution < -0.4 is 4.72 Å². The fourth-order valence-electron chi connectivity index (χ4n) is 5.93. The zero-order valence-corrected chi connectivity index (χ0v) is 15.3. The van der Waals surface area contributed by atoms with E-state index >= 15 is 0 Å². The largest absolute Gasteiger partial charge is 0.478 e. The summed E-state index contributed by atoms with van der Waals surface area (Å²) in [5.41, 5.74) is 0.0667.